The molecule has 0 aliphatic heterocycles. The number of carbonyl (C=O) groups is 1. The third-order valence-electron chi connectivity index (χ3n) is 2.15. The Morgan fingerprint density at radius 2 is 2.17 bits per heavy atom. The number of ether oxygens (including phenoxy) is 1. The minimum atomic E-state index is -3.81. The van der Waals surface area contributed by atoms with Crippen molar-refractivity contribution < 1.29 is 22.5 Å². The maximum absolute atomic E-state index is 11.9. The van der Waals surface area contributed by atoms with Crippen molar-refractivity contribution in [3.8, 4) is 0 Å². The van der Waals surface area contributed by atoms with Crippen LogP contribution in [0.25, 0.3) is 0 Å². The molecule has 1 aromatic rings. The zero-order valence-corrected chi connectivity index (χ0v) is 11.6. The molecule has 0 radical (unpaired) electrons. The predicted molar refractivity (Wildman–Crippen MR) is 62.8 cm³/mol. The van der Waals surface area contributed by atoms with E-state index in [1.807, 2.05) is 0 Å². The van der Waals surface area contributed by atoms with Gasteiger partial charge < -0.3 is 9.26 Å². The number of methoxy groups -OCH3 is 1. The van der Waals surface area contributed by atoms with Crippen molar-refractivity contribution in [2.45, 2.75) is 24.1 Å². The number of halogens is 1. The van der Waals surface area contributed by atoms with E-state index in [9.17, 15) is 13.2 Å². The van der Waals surface area contributed by atoms with Gasteiger partial charge in [0.25, 0.3) is 0 Å². The van der Waals surface area contributed by atoms with E-state index in [1.54, 1.807) is 0 Å². The van der Waals surface area contributed by atoms with Gasteiger partial charge in [0.05, 0.1) is 7.11 Å². The standard InChI is InChI=1S/C9H13ClN2O5S/c1-5-8(6(2)17-12-5)18(14,15)11-4-7(10)9(13)16-3/h7,11H,4H2,1-3H3. The van der Waals surface area contributed by atoms with Crippen molar-refractivity contribution in [3.05, 3.63) is 11.5 Å². The van der Waals surface area contributed by atoms with Gasteiger partial charge in [-0.3, -0.25) is 4.79 Å². The molecular weight excluding hydrogens is 284 g/mol. The number of nitrogens with zero attached hydrogens (tertiary/aromatic N) is 1. The van der Waals surface area contributed by atoms with Crippen LogP contribution in [-0.4, -0.2) is 38.6 Å². The molecule has 0 fully saturated rings. The average molecular weight is 297 g/mol. The summed E-state index contributed by atoms with van der Waals surface area (Å²) in [5.41, 5.74) is 0.240. The van der Waals surface area contributed by atoms with E-state index in [0.717, 1.165) is 0 Å². The number of alkyl halides is 1. The Labute approximate surface area is 109 Å². The maximum atomic E-state index is 11.9. The van der Waals surface area contributed by atoms with Crippen molar-refractivity contribution in [1.29, 1.82) is 0 Å². The Morgan fingerprint density at radius 1 is 1.56 bits per heavy atom. The molecule has 7 nitrogen and oxygen atoms in total. The van der Waals surface area contributed by atoms with Crippen LogP contribution in [0.3, 0.4) is 0 Å². The van der Waals surface area contributed by atoms with Gasteiger partial charge in [-0.05, 0) is 13.8 Å². The molecule has 0 bridgehead atoms. The van der Waals surface area contributed by atoms with Gasteiger partial charge in [0.2, 0.25) is 10.0 Å². The van der Waals surface area contributed by atoms with Gasteiger partial charge in [0.1, 0.15) is 16.0 Å². The van der Waals surface area contributed by atoms with Gasteiger partial charge in [-0.25, -0.2) is 13.1 Å². The van der Waals surface area contributed by atoms with Gasteiger partial charge in [0.15, 0.2) is 5.76 Å². The highest BCUT2D eigenvalue weighted by atomic mass is 35.5. The molecule has 0 saturated carbocycles. The van der Waals surface area contributed by atoms with Gasteiger partial charge >= 0.3 is 5.97 Å². The molecule has 1 aromatic heterocycles. The molecule has 0 aliphatic carbocycles. The number of aryl methyl sites for hydroxylation is 2. The van der Waals surface area contributed by atoms with Gasteiger partial charge in [0, 0.05) is 6.54 Å². The first kappa shape index (κ1) is 14.9. The number of aromatic nitrogens is 1. The third kappa shape index (κ3) is 3.21. The Bertz CT molecular complexity index is 520. The fraction of sp³-hybridized carbons (Fsp3) is 0.556. The summed E-state index contributed by atoms with van der Waals surface area (Å²) in [6.07, 6.45) is 0. The first-order valence-electron chi connectivity index (χ1n) is 4.94. The SMILES string of the molecule is COC(=O)C(Cl)CNS(=O)(=O)c1c(C)noc1C. The van der Waals surface area contributed by atoms with Crippen molar-refractivity contribution in [1.82, 2.24) is 9.88 Å². The van der Waals surface area contributed by atoms with Crippen LogP contribution in [0.1, 0.15) is 11.5 Å². The molecule has 0 spiro atoms. The van der Waals surface area contributed by atoms with E-state index < -0.39 is 21.4 Å². The molecule has 1 N–H and O–H groups in total. The molecule has 9 heteroatoms. The van der Waals surface area contributed by atoms with Crippen molar-refractivity contribution >= 4 is 27.6 Å². The maximum Gasteiger partial charge on any atom is 0.325 e. The molecule has 0 aliphatic rings. The highest BCUT2D eigenvalue weighted by Crippen LogP contribution is 2.18. The van der Waals surface area contributed by atoms with Crippen LogP contribution in [-0.2, 0) is 19.6 Å². The molecule has 102 valence electrons. The summed E-state index contributed by atoms with van der Waals surface area (Å²) in [6, 6.07) is 0. The van der Waals surface area contributed by atoms with E-state index in [2.05, 4.69) is 14.6 Å². The van der Waals surface area contributed by atoms with Crippen LogP contribution in [0.5, 0.6) is 0 Å². The smallest absolute Gasteiger partial charge is 0.325 e. The van der Waals surface area contributed by atoms with E-state index in [4.69, 9.17) is 16.1 Å². The molecule has 1 heterocycles. The molecule has 0 saturated heterocycles. The molecule has 0 amide bonds. The van der Waals surface area contributed by atoms with E-state index in [0.29, 0.717) is 0 Å². The number of nitrogens with one attached hydrogen (secondary N) is 1. The lowest BCUT2D eigenvalue weighted by Crippen LogP contribution is -2.34. The second kappa shape index (κ2) is 5.68. The fourth-order valence-corrected chi connectivity index (χ4v) is 2.95. The number of esters is 1. The van der Waals surface area contributed by atoms with E-state index in [-0.39, 0.29) is 22.9 Å². The van der Waals surface area contributed by atoms with Crippen LogP contribution in [0.2, 0.25) is 0 Å². The summed E-state index contributed by atoms with van der Waals surface area (Å²) in [5, 5.41) is 2.45. The highest BCUT2D eigenvalue weighted by molar-refractivity contribution is 7.89. The van der Waals surface area contributed by atoms with Crippen LogP contribution in [0.15, 0.2) is 9.42 Å². The number of carbonyl (C=O) groups excluding carboxylic acids is 1. The quantitative estimate of drug-likeness (QED) is 0.622. The monoisotopic (exact) mass is 296 g/mol. The first-order valence-corrected chi connectivity index (χ1v) is 6.86. The molecule has 1 atom stereocenters. The van der Waals surface area contributed by atoms with Crippen LogP contribution >= 0.6 is 11.6 Å². The number of hydrogen-bond acceptors (Lipinski definition) is 6. The highest BCUT2D eigenvalue weighted by Gasteiger charge is 2.26. The number of rotatable bonds is 5. The predicted octanol–water partition coefficient (Wildman–Crippen LogP) is 0.350. The normalized spacial score (nSPS) is 13.3. The zero-order chi connectivity index (χ0) is 13.9. The Morgan fingerprint density at radius 3 is 2.61 bits per heavy atom. The van der Waals surface area contributed by atoms with Crippen LogP contribution < -0.4 is 4.72 Å². The minimum Gasteiger partial charge on any atom is -0.468 e. The van der Waals surface area contributed by atoms with Crippen molar-refractivity contribution in [2.24, 2.45) is 0 Å². The second-order valence-electron chi connectivity index (χ2n) is 3.50. The number of hydrogen-bond donors (Lipinski definition) is 1. The Kier molecular flexibility index (Phi) is 4.71. The molecule has 18 heavy (non-hydrogen) atoms. The van der Waals surface area contributed by atoms with Gasteiger partial charge in [-0.1, -0.05) is 5.16 Å². The van der Waals surface area contributed by atoms with E-state index >= 15 is 0 Å². The van der Waals surface area contributed by atoms with Crippen molar-refractivity contribution in [2.75, 3.05) is 13.7 Å². The van der Waals surface area contributed by atoms with Crippen LogP contribution in [0.4, 0.5) is 0 Å². The average Bonchev–Trinajstić information content (AvgIpc) is 2.65. The lowest BCUT2D eigenvalue weighted by atomic mass is 10.4. The second-order valence-corrected chi connectivity index (χ2v) is 5.73. The number of sulfonamides is 1. The van der Waals surface area contributed by atoms with Crippen molar-refractivity contribution in [3.63, 3.8) is 0 Å². The fourth-order valence-electron chi connectivity index (χ4n) is 1.32. The Hall–Kier alpha value is -1.12. The first-order chi connectivity index (χ1) is 8.29. The van der Waals surface area contributed by atoms with Gasteiger partial charge in [-0.15, -0.1) is 11.6 Å². The summed E-state index contributed by atoms with van der Waals surface area (Å²) >= 11 is 5.64. The molecule has 1 rings (SSSR count). The van der Waals surface area contributed by atoms with Gasteiger partial charge in [-0.2, -0.15) is 0 Å². The minimum absolute atomic E-state index is 0.0452. The summed E-state index contributed by atoms with van der Waals surface area (Å²) in [6.45, 7) is 2.71. The van der Waals surface area contributed by atoms with Crippen LogP contribution in [0, 0.1) is 13.8 Å². The molecular formula is C9H13ClN2O5S. The van der Waals surface area contributed by atoms with E-state index in [1.165, 1.54) is 21.0 Å². The summed E-state index contributed by atoms with van der Waals surface area (Å²) < 4.78 is 35.2. The molecule has 0 aromatic carbocycles. The Balaban J connectivity index is 2.81. The lowest BCUT2D eigenvalue weighted by molar-refractivity contribution is -0.140. The summed E-state index contributed by atoms with van der Waals surface area (Å²) in [4.78, 5) is 11.0. The molecule has 1 unspecified atom stereocenters. The topological polar surface area (TPSA) is 98.5 Å². The zero-order valence-electron chi connectivity index (χ0n) is 10.1. The largest absolute Gasteiger partial charge is 0.468 e. The lowest BCUT2D eigenvalue weighted by Gasteiger charge is -2.09. The summed E-state index contributed by atoms with van der Waals surface area (Å²) in [7, 11) is -2.65. The third-order valence-corrected chi connectivity index (χ3v) is 4.15. The summed E-state index contributed by atoms with van der Waals surface area (Å²) in [5.74, 6) is -0.540.